The molecule has 0 spiro atoms. The summed E-state index contributed by atoms with van der Waals surface area (Å²) in [6.07, 6.45) is 5.75. The third-order valence-corrected chi connectivity index (χ3v) is 5.14. The van der Waals surface area contributed by atoms with Gasteiger partial charge >= 0.3 is 0 Å². The van der Waals surface area contributed by atoms with E-state index in [2.05, 4.69) is 26.1 Å². The van der Waals surface area contributed by atoms with Crippen LogP contribution in [0.1, 0.15) is 59.8 Å². The van der Waals surface area contributed by atoms with E-state index in [1.807, 2.05) is 11.8 Å². The van der Waals surface area contributed by atoms with Crippen molar-refractivity contribution in [2.24, 2.45) is 11.8 Å². The first-order valence-corrected chi connectivity index (χ1v) is 8.06. The number of nitrogens with one attached hydrogen (secondary N) is 1. The van der Waals surface area contributed by atoms with E-state index in [-0.39, 0.29) is 29.9 Å². The molecule has 0 radical (unpaired) electrons. The van der Waals surface area contributed by atoms with Gasteiger partial charge in [-0.25, -0.2) is 0 Å². The van der Waals surface area contributed by atoms with Gasteiger partial charge in [0, 0.05) is 6.04 Å². The van der Waals surface area contributed by atoms with Gasteiger partial charge in [0.15, 0.2) is 0 Å². The summed E-state index contributed by atoms with van der Waals surface area (Å²) in [5.74, 6) is 0.826. The minimum absolute atomic E-state index is 0.00711. The Bertz CT molecular complexity index is 375. The van der Waals surface area contributed by atoms with Crippen molar-refractivity contribution in [3.8, 4) is 0 Å². The number of carbonyl (C=O) groups excluding carboxylic acids is 2. The average Bonchev–Trinajstić information content (AvgIpc) is 2.43. The van der Waals surface area contributed by atoms with Gasteiger partial charge in [0.1, 0.15) is 12.1 Å². The molecule has 2 amide bonds. The van der Waals surface area contributed by atoms with Gasteiger partial charge in [-0.2, -0.15) is 0 Å². The normalized spacial score (nSPS) is 30.6. The molecule has 0 aromatic carbocycles. The first kappa shape index (κ1) is 15.3. The van der Waals surface area contributed by atoms with Crippen LogP contribution in [0.2, 0.25) is 0 Å². The van der Waals surface area contributed by atoms with E-state index in [0.717, 1.165) is 12.8 Å². The standard InChI is InChI=1S/C16H28N2O2/c1-10(2)11(3)18-12(4)15(19)17-14(16(18)20)13-8-6-5-7-9-13/h10-14H,5-9H2,1-4H3,(H,17,19). The van der Waals surface area contributed by atoms with E-state index in [9.17, 15) is 9.59 Å². The number of rotatable bonds is 3. The Morgan fingerprint density at radius 3 is 2.25 bits per heavy atom. The number of carbonyl (C=O) groups is 2. The van der Waals surface area contributed by atoms with Crippen molar-refractivity contribution in [1.29, 1.82) is 0 Å². The molecule has 3 unspecified atom stereocenters. The summed E-state index contributed by atoms with van der Waals surface area (Å²) in [4.78, 5) is 26.9. The lowest BCUT2D eigenvalue weighted by Gasteiger charge is -2.45. The molecule has 1 N–H and O–H groups in total. The molecule has 4 nitrogen and oxygen atoms in total. The van der Waals surface area contributed by atoms with Crippen LogP contribution < -0.4 is 5.32 Å². The van der Waals surface area contributed by atoms with Crippen LogP contribution in [0.5, 0.6) is 0 Å². The third-order valence-electron chi connectivity index (χ3n) is 5.14. The molecule has 1 aliphatic heterocycles. The molecule has 4 heteroatoms. The highest BCUT2D eigenvalue weighted by atomic mass is 16.2. The fourth-order valence-corrected chi connectivity index (χ4v) is 3.47. The lowest BCUT2D eigenvalue weighted by atomic mass is 9.81. The van der Waals surface area contributed by atoms with Crippen molar-refractivity contribution in [2.45, 2.75) is 77.9 Å². The second-order valence-electron chi connectivity index (χ2n) is 6.79. The second-order valence-corrected chi connectivity index (χ2v) is 6.79. The third kappa shape index (κ3) is 2.84. The summed E-state index contributed by atoms with van der Waals surface area (Å²) in [7, 11) is 0. The second kappa shape index (κ2) is 6.15. The van der Waals surface area contributed by atoms with E-state index in [4.69, 9.17) is 0 Å². The maximum Gasteiger partial charge on any atom is 0.246 e. The highest BCUT2D eigenvalue weighted by molar-refractivity contribution is 5.97. The first-order chi connectivity index (χ1) is 9.43. The number of piperazine rings is 1. The van der Waals surface area contributed by atoms with Gasteiger partial charge in [0.25, 0.3) is 0 Å². The number of nitrogens with zero attached hydrogens (tertiary/aromatic N) is 1. The molecule has 20 heavy (non-hydrogen) atoms. The molecule has 2 fully saturated rings. The van der Waals surface area contributed by atoms with Crippen LogP contribution in [0.25, 0.3) is 0 Å². The smallest absolute Gasteiger partial charge is 0.246 e. The summed E-state index contributed by atoms with van der Waals surface area (Å²) < 4.78 is 0. The van der Waals surface area contributed by atoms with Crippen LogP contribution in [-0.4, -0.2) is 34.8 Å². The average molecular weight is 280 g/mol. The molecular weight excluding hydrogens is 252 g/mol. The summed E-state index contributed by atoms with van der Waals surface area (Å²) in [6, 6.07) is -0.533. The molecule has 3 atom stereocenters. The van der Waals surface area contributed by atoms with Gasteiger partial charge in [0.05, 0.1) is 0 Å². The molecule has 114 valence electrons. The zero-order valence-corrected chi connectivity index (χ0v) is 13.2. The molecule has 0 aromatic heterocycles. The fourth-order valence-electron chi connectivity index (χ4n) is 3.47. The number of hydrogen-bond acceptors (Lipinski definition) is 2. The number of hydrogen-bond donors (Lipinski definition) is 1. The van der Waals surface area contributed by atoms with Gasteiger partial charge < -0.3 is 10.2 Å². The van der Waals surface area contributed by atoms with Gasteiger partial charge in [-0.3, -0.25) is 9.59 Å². The summed E-state index contributed by atoms with van der Waals surface area (Å²) in [6.45, 7) is 8.10. The zero-order chi connectivity index (χ0) is 14.9. The SMILES string of the molecule is CC(C)C(C)N1C(=O)C(C2CCCCC2)NC(=O)C1C. The summed E-state index contributed by atoms with van der Waals surface area (Å²) >= 11 is 0. The van der Waals surface area contributed by atoms with Crippen molar-refractivity contribution in [1.82, 2.24) is 10.2 Å². The topological polar surface area (TPSA) is 49.4 Å². The molecule has 1 saturated heterocycles. The monoisotopic (exact) mass is 280 g/mol. The van der Waals surface area contributed by atoms with E-state index in [1.165, 1.54) is 19.3 Å². The predicted octanol–water partition coefficient (Wildman–Crippen LogP) is 2.33. The molecule has 2 rings (SSSR count). The Morgan fingerprint density at radius 1 is 1.10 bits per heavy atom. The number of amides is 2. The van der Waals surface area contributed by atoms with E-state index in [0.29, 0.717) is 11.8 Å². The minimum Gasteiger partial charge on any atom is -0.342 e. The molecule has 0 aromatic rings. The Morgan fingerprint density at radius 2 is 1.70 bits per heavy atom. The van der Waals surface area contributed by atoms with E-state index < -0.39 is 0 Å². The van der Waals surface area contributed by atoms with Crippen molar-refractivity contribution >= 4 is 11.8 Å². The Balaban J connectivity index is 2.18. The van der Waals surface area contributed by atoms with Crippen LogP contribution in [-0.2, 0) is 9.59 Å². The molecule has 2 aliphatic rings. The lowest BCUT2D eigenvalue weighted by Crippen LogP contribution is -2.66. The maximum atomic E-state index is 12.8. The minimum atomic E-state index is -0.347. The van der Waals surface area contributed by atoms with Crippen LogP contribution in [0, 0.1) is 11.8 Å². The van der Waals surface area contributed by atoms with E-state index >= 15 is 0 Å². The van der Waals surface area contributed by atoms with Crippen molar-refractivity contribution in [2.75, 3.05) is 0 Å². The lowest BCUT2D eigenvalue weighted by molar-refractivity contribution is -0.154. The van der Waals surface area contributed by atoms with E-state index in [1.54, 1.807) is 0 Å². The van der Waals surface area contributed by atoms with Crippen molar-refractivity contribution in [3.63, 3.8) is 0 Å². The van der Waals surface area contributed by atoms with Crippen molar-refractivity contribution < 1.29 is 9.59 Å². The summed E-state index contributed by atoms with van der Waals surface area (Å²) in [5, 5.41) is 2.98. The Kier molecular flexibility index (Phi) is 4.71. The largest absolute Gasteiger partial charge is 0.342 e. The van der Waals surface area contributed by atoms with Gasteiger partial charge in [-0.15, -0.1) is 0 Å². The van der Waals surface area contributed by atoms with Crippen LogP contribution in [0.15, 0.2) is 0 Å². The first-order valence-electron chi connectivity index (χ1n) is 8.06. The van der Waals surface area contributed by atoms with Gasteiger partial charge in [-0.05, 0) is 38.5 Å². The van der Waals surface area contributed by atoms with Gasteiger partial charge in [0.2, 0.25) is 11.8 Å². The molecule has 1 heterocycles. The van der Waals surface area contributed by atoms with Crippen molar-refractivity contribution in [3.05, 3.63) is 0 Å². The van der Waals surface area contributed by atoms with Gasteiger partial charge in [-0.1, -0.05) is 33.1 Å². The molecular formula is C16H28N2O2. The fraction of sp³-hybridized carbons (Fsp3) is 0.875. The Labute approximate surface area is 122 Å². The van der Waals surface area contributed by atoms with Crippen LogP contribution in [0.3, 0.4) is 0 Å². The highest BCUT2D eigenvalue weighted by Crippen LogP contribution is 2.30. The highest BCUT2D eigenvalue weighted by Gasteiger charge is 2.44. The maximum absolute atomic E-state index is 12.8. The zero-order valence-electron chi connectivity index (χ0n) is 13.2. The van der Waals surface area contributed by atoms with Crippen LogP contribution >= 0.6 is 0 Å². The summed E-state index contributed by atoms with van der Waals surface area (Å²) in [5.41, 5.74) is 0. The molecule has 1 saturated carbocycles. The molecule has 1 aliphatic carbocycles. The molecule has 0 bridgehead atoms. The predicted molar refractivity (Wildman–Crippen MR) is 79.1 cm³/mol. The Hall–Kier alpha value is -1.06. The van der Waals surface area contributed by atoms with Crippen LogP contribution in [0.4, 0.5) is 0 Å². The quantitative estimate of drug-likeness (QED) is 0.862.